The summed E-state index contributed by atoms with van der Waals surface area (Å²) in [5, 5.41) is 9.83. The summed E-state index contributed by atoms with van der Waals surface area (Å²) in [6.07, 6.45) is 4.29. The highest BCUT2D eigenvalue weighted by Gasteiger charge is 2.02. The van der Waals surface area contributed by atoms with Crippen LogP contribution in [-0.2, 0) is 0 Å². The highest BCUT2D eigenvalue weighted by atomic mass is 32.1. The molecule has 0 amide bonds. The molecule has 8 heavy (non-hydrogen) atoms. The van der Waals surface area contributed by atoms with Gasteiger partial charge in [-0.2, -0.15) is 0 Å². The van der Waals surface area contributed by atoms with E-state index in [-0.39, 0.29) is 0 Å². The van der Waals surface area contributed by atoms with Crippen molar-refractivity contribution in [1.29, 1.82) is 0 Å². The monoisotopic (exact) mass is 129 g/mol. The van der Waals surface area contributed by atoms with Crippen molar-refractivity contribution in [2.24, 2.45) is 0 Å². The third kappa shape index (κ3) is 1.28. The molecule has 0 fully saturated rings. The molecular weight excluding hydrogens is 122 g/mol. The molecule has 0 aliphatic carbocycles. The number of rotatable bonds is 0. The SMILES string of the molecule is ON1C=CCC(=S)C1. The third-order valence-electron chi connectivity index (χ3n) is 0.961. The average Bonchev–Trinajstić information content (AvgIpc) is 1.64. The van der Waals surface area contributed by atoms with Crippen LogP contribution in [-0.4, -0.2) is 21.7 Å². The molecule has 2 nitrogen and oxygen atoms in total. The fourth-order valence-electron chi connectivity index (χ4n) is 0.604. The van der Waals surface area contributed by atoms with E-state index < -0.39 is 0 Å². The topological polar surface area (TPSA) is 23.5 Å². The minimum absolute atomic E-state index is 0.506. The Kier molecular flexibility index (Phi) is 1.60. The molecule has 0 atom stereocenters. The second-order valence-corrected chi connectivity index (χ2v) is 2.30. The van der Waals surface area contributed by atoms with Crippen LogP contribution in [0.2, 0.25) is 0 Å². The molecule has 0 saturated heterocycles. The lowest BCUT2D eigenvalue weighted by Gasteiger charge is -2.15. The van der Waals surface area contributed by atoms with E-state index in [1.54, 1.807) is 6.20 Å². The fourth-order valence-corrected chi connectivity index (χ4v) is 0.832. The summed E-state index contributed by atoms with van der Waals surface area (Å²) in [5.74, 6) is 0. The van der Waals surface area contributed by atoms with Gasteiger partial charge in [0.1, 0.15) is 0 Å². The molecule has 1 aliphatic rings. The molecule has 1 heterocycles. The fraction of sp³-hybridized carbons (Fsp3) is 0.400. The minimum Gasteiger partial charge on any atom is -0.289 e. The molecule has 0 spiro atoms. The molecule has 0 unspecified atom stereocenters. The first-order valence-electron chi connectivity index (χ1n) is 2.43. The third-order valence-corrected chi connectivity index (χ3v) is 1.26. The van der Waals surface area contributed by atoms with Crippen LogP contribution in [0, 0.1) is 0 Å². The predicted molar refractivity (Wildman–Crippen MR) is 34.8 cm³/mol. The van der Waals surface area contributed by atoms with E-state index in [0.717, 1.165) is 16.3 Å². The van der Waals surface area contributed by atoms with Gasteiger partial charge in [0.15, 0.2) is 0 Å². The molecule has 0 bridgehead atoms. The normalized spacial score (nSPS) is 19.6. The lowest BCUT2D eigenvalue weighted by Crippen LogP contribution is -2.22. The zero-order chi connectivity index (χ0) is 5.98. The molecule has 3 heteroatoms. The van der Waals surface area contributed by atoms with E-state index in [1.807, 2.05) is 6.08 Å². The lowest BCUT2D eigenvalue weighted by molar-refractivity contribution is -0.0266. The van der Waals surface area contributed by atoms with E-state index in [1.165, 1.54) is 0 Å². The van der Waals surface area contributed by atoms with Crippen molar-refractivity contribution in [3.63, 3.8) is 0 Å². The maximum absolute atomic E-state index is 8.74. The quantitative estimate of drug-likeness (QED) is 0.493. The van der Waals surface area contributed by atoms with Gasteiger partial charge in [-0.15, -0.1) is 0 Å². The molecule has 0 aromatic rings. The van der Waals surface area contributed by atoms with Gasteiger partial charge in [-0.1, -0.05) is 18.3 Å². The maximum atomic E-state index is 8.74. The van der Waals surface area contributed by atoms with Gasteiger partial charge < -0.3 is 0 Å². The summed E-state index contributed by atoms with van der Waals surface area (Å²) in [4.78, 5) is 0.884. The van der Waals surface area contributed by atoms with Crippen LogP contribution in [0.1, 0.15) is 6.42 Å². The van der Waals surface area contributed by atoms with E-state index in [9.17, 15) is 0 Å². The Morgan fingerprint density at radius 2 is 2.50 bits per heavy atom. The van der Waals surface area contributed by atoms with Gasteiger partial charge in [0.2, 0.25) is 0 Å². The highest BCUT2D eigenvalue weighted by molar-refractivity contribution is 7.80. The number of hydrogen-bond donors (Lipinski definition) is 1. The minimum atomic E-state index is 0.506. The van der Waals surface area contributed by atoms with Crippen LogP contribution in [0.4, 0.5) is 0 Å². The molecule has 0 saturated carbocycles. The molecule has 1 rings (SSSR count). The number of hydrogen-bond acceptors (Lipinski definition) is 3. The summed E-state index contributed by atoms with van der Waals surface area (Å²) < 4.78 is 0. The van der Waals surface area contributed by atoms with Crippen molar-refractivity contribution in [1.82, 2.24) is 5.06 Å². The summed E-state index contributed by atoms with van der Waals surface area (Å²) >= 11 is 4.83. The Hall–Kier alpha value is -0.410. The van der Waals surface area contributed by atoms with Gasteiger partial charge in [0, 0.05) is 17.5 Å². The Morgan fingerprint density at radius 3 is 2.88 bits per heavy atom. The second-order valence-electron chi connectivity index (χ2n) is 1.73. The lowest BCUT2D eigenvalue weighted by atomic mass is 10.2. The van der Waals surface area contributed by atoms with Gasteiger partial charge in [-0.3, -0.25) is 10.3 Å². The zero-order valence-corrected chi connectivity index (χ0v) is 5.19. The van der Waals surface area contributed by atoms with Crippen molar-refractivity contribution in [2.75, 3.05) is 6.54 Å². The first-order valence-corrected chi connectivity index (χ1v) is 2.84. The van der Waals surface area contributed by atoms with Gasteiger partial charge >= 0.3 is 0 Å². The summed E-state index contributed by atoms with van der Waals surface area (Å²) in [5.41, 5.74) is 0. The highest BCUT2D eigenvalue weighted by Crippen LogP contribution is 1.99. The van der Waals surface area contributed by atoms with Crippen LogP contribution in [0.5, 0.6) is 0 Å². The molecule has 0 aromatic carbocycles. The summed E-state index contributed by atoms with van der Waals surface area (Å²) in [7, 11) is 0. The number of allylic oxidation sites excluding steroid dienone is 1. The molecule has 0 radical (unpaired) electrons. The van der Waals surface area contributed by atoms with Crippen LogP contribution < -0.4 is 0 Å². The van der Waals surface area contributed by atoms with Crippen molar-refractivity contribution < 1.29 is 5.21 Å². The average molecular weight is 129 g/mol. The van der Waals surface area contributed by atoms with Gasteiger partial charge in [0.05, 0.1) is 6.54 Å². The van der Waals surface area contributed by atoms with Crippen LogP contribution >= 0.6 is 12.2 Å². The van der Waals surface area contributed by atoms with Gasteiger partial charge in [-0.05, 0) is 0 Å². The van der Waals surface area contributed by atoms with E-state index >= 15 is 0 Å². The Morgan fingerprint density at radius 1 is 1.75 bits per heavy atom. The molecule has 1 N–H and O–H groups in total. The van der Waals surface area contributed by atoms with Crippen LogP contribution in [0.15, 0.2) is 12.3 Å². The van der Waals surface area contributed by atoms with Crippen LogP contribution in [0.3, 0.4) is 0 Å². The van der Waals surface area contributed by atoms with E-state index in [0.29, 0.717) is 6.54 Å². The second kappa shape index (κ2) is 2.24. The molecule has 1 aliphatic heterocycles. The Balaban J connectivity index is 2.54. The molecule has 0 aromatic heterocycles. The first-order chi connectivity index (χ1) is 3.79. The number of thiocarbonyl (C=S) groups is 1. The van der Waals surface area contributed by atoms with Gasteiger partial charge in [-0.25, -0.2) is 0 Å². The number of nitrogens with zero attached hydrogens (tertiary/aromatic N) is 1. The van der Waals surface area contributed by atoms with Crippen molar-refractivity contribution in [3.05, 3.63) is 12.3 Å². The van der Waals surface area contributed by atoms with Crippen molar-refractivity contribution >= 4 is 17.1 Å². The van der Waals surface area contributed by atoms with Crippen molar-refractivity contribution in [2.45, 2.75) is 6.42 Å². The Labute approximate surface area is 53.4 Å². The largest absolute Gasteiger partial charge is 0.289 e. The smallest absolute Gasteiger partial charge is 0.0762 e. The van der Waals surface area contributed by atoms with Crippen LogP contribution in [0.25, 0.3) is 0 Å². The van der Waals surface area contributed by atoms with E-state index in [4.69, 9.17) is 17.4 Å². The number of hydroxylamine groups is 2. The standard InChI is InChI=1S/C5H7NOS/c7-6-3-1-2-5(8)4-6/h1,3,7H,2,4H2. The Bertz CT molecular complexity index is 132. The van der Waals surface area contributed by atoms with Gasteiger partial charge in [0.25, 0.3) is 0 Å². The summed E-state index contributed by atoms with van der Waals surface area (Å²) in [6.45, 7) is 0.506. The summed E-state index contributed by atoms with van der Waals surface area (Å²) in [6, 6.07) is 0. The zero-order valence-electron chi connectivity index (χ0n) is 4.37. The molecular formula is C5H7NOS. The van der Waals surface area contributed by atoms with E-state index in [2.05, 4.69) is 0 Å². The molecule has 44 valence electrons. The predicted octanol–water partition coefficient (Wildman–Crippen LogP) is 0.965. The van der Waals surface area contributed by atoms with Crippen molar-refractivity contribution in [3.8, 4) is 0 Å². The maximum Gasteiger partial charge on any atom is 0.0762 e. The first kappa shape index (κ1) is 5.72.